The highest BCUT2D eigenvalue weighted by Gasteiger charge is 2.21. The quantitative estimate of drug-likeness (QED) is 0.635. The largest absolute Gasteiger partial charge is 0.267 e. The van der Waals surface area contributed by atoms with E-state index >= 15 is 0 Å². The maximum Gasteiger partial charge on any atom is 0.0525 e. The van der Waals surface area contributed by atoms with Crippen LogP contribution in [0.3, 0.4) is 0 Å². The molecule has 0 saturated heterocycles. The molecule has 0 saturated carbocycles. The highest BCUT2D eigenvalue weighted by atomic mass is 35.5. The summed E-state index contributed by atoms with van der Waals surface area (Å²) in [5, 5.41) is 4.71. The van der Waals surface area contributed by atoms with Gasteiger partial charge in [-0.25, -0.2) is 0 Å². The number of hydrogen-bond donors (Lipinski definition) is 0. The Balaban J connectivity index is 2.33. The molecule has 1 aromatic rings. The maximum absolute atomic E-state index is 6.10. The second kappa shape index (κ2) is 3.33. The van der Waals surface area contributed by atoms with Gasteiger partial charge in [0.1, 0.15) is 0 Å². The molecule has 0 fully saturated rings. The zero-order chi connectivity index (χ0) is 9.42. The minimum Gasteiger partial charge on any atom is -0.267 e. The van der Waals surface area contributed by atoms with Gasteiger partial charge < -0.3 is 0 Å². The van der Waals surface area contributed by atoms with Crippen LogP contribution in [0.25, 0.3) is 0 Å². The van der Waals surface area contributed by atoms with Gasteiger partial charge in [-0.1, -0.05) is 0 Å². The molecule has 0 amide bonds. The van der Waals surface area contributed by atoms with E-state index in [0.29, 0.717) is 11.4 Å². The molecule has 0 aliphatic heterocycles. The Kier molecular flexibility index (Phi) is 2.33. The molecule has 3 heteroatoms. The minimum atomic E-state index is 0.317. The van der Waals surface area contributed by atoms with Crippen molar-refractivity contribution in [2.75, 3.05) is 0 Å². The van der Waals surface area contributed by atoms with Gasteiger partial charge in [0, 0.05) is 17.1 Å². The van der Waals surface area contributed by atoms with Crippen molar-refractivity contribution >= 4 is 11.6 Å². The summed E-state index contributed by atoms with van der Waals surface area (Å²) in [5.41, 5.74) is 2.74. The van der Waals surface area contributed by atoms with E-state index < -0.39 is 0 Å². The Morgan fingerprint density at radius 1 is 1.62 bits per heavy atom. The Hall–Kier alpha value is -0.500. The van der Waals surface area contributed by atoms with E-state index in [1.165, 1.54) is 11.3 Å². The summed E-state index contributed by atoms with van der Waals surface area (Å²) in [4.78, 5) is 0. The monoisotopic (exact) mass is 198 g/mol. The van der Waals surface area contributed by atoms with Gasteiger partial charge in [-0.15, -0.1) is 11.6 Å². The predicted octanol–water partition coefficient (Wildman–Crippen LogP) is 2.56. The highest BCUT2D eigenvalue weighted by Crippen LogP contribution is 2.25. The van der Waals surface area contributed by atoms with Gasteiger partial charge in [-0.2, -0.15) is 5.10 Å². The van der Waals surface area contributed by atoms with Crippen molar-refractivity contribution in [3.05, 3.63) is 17.5 Å². The third kappa shape index (κ3) is 1.60. The third-order valence-electron chi connectivity index (χ3n) is 2.61. The number of rotatable bonds is 1. The molecule has 0 aromatic carbocycles. The van der Waals surface area contributed by atoms with Crippen molar-refractivity contribution in [2.45, 2.75) is 44.5 Å². The van der Waals surface area contributed by atoms with Crippen molar-refractivity contribution in [3.63, 3.8) is 0 Å². The molecule has 0 spiro atoms. The summed E-state index contributed by atoms with van der Waals surface area (Å²) < 4.78 is 2.12. The molecular weight excluding hydrogens is 184 g/mol. The van der Waals surface area contributed by atoms with E-state index in [-0.39, 0.29) is 0 Å². The van der Waals surface area contributed by atoms with E-state index in [1.54, 1.807) is 0 Å². The van der Waals surface area contributed by atoms with Gasteiger partial charge in [0.2, 0.25) is 0 Å². The van der Waals surface area contributed by atoms with Gasteiger partial charge in [-0.05, 0) is 38.7 Å². The van der Waals surface area contributed by atoms with Crippen LogP contribution < -0.4 is 0 Å². The predicted molar refractivity (Wildman–Crippen MR) is 54.3 cm³/mol. The van der Waals surface area contributed by atoms with Crippen LogP contribution in [0.2, 0.25) is 0 Å². The fourth-order valence-corrected chi connectivity index (χ4v) is 2.22. The lowest BCUT2D eigenvalue weighted by Crippen LogP contribution is -2.17. The van der Waals surface area contributed by atoms with Crippen molar-refractivity contribution < 1.29 is 0 Å². The van der Waals surface area contributed by atoms with E-state index in [4.69, 9.17) is 11.6 Å². The molecule has 1 heterocycles. The molecule has 1 aromatic heterocycles. The number of alkyl halides is 1. The standard InChI is InChI=1S/C10H15ClN2/c1-7(2)13-10-4-3-9(11)5-8(10)6-12-13/h6-7,9H,3-5H2,1-2H3/t9-/m1/s1. The molecule has 2 nitrogen and oxygen atoms in total. The lowest BCUT2D eigenvalue weighted by molar-refractivity contribution is 0.496. The number of halogens is 1. The molecule has 0 N–H and O–H groups in total. The zero-order valence-corrected chi connectivity index (χ0v) is 8.88. The zero-order valence-electron chi connectivity index (χ0n) is 8.13. The van der Waals surface area contributed by atoms with Gasteiger partial charge >= 0.3 is 0 Å². The summed E-state index contributed by atoms with van der Waals surface area (Å²) in [6, 6.07) is 0.468. The molecule has 13 heavy (non-hydrogen) atoms. The first-order valence-electron chi connectivity index (χ1n) is 4.88. The average Bonchev–Trinajstić information content (AvgIpc) is 2.46. The van der Waals surface area contributed by atoms with Crippen LogP contribution >= 0.6 is 11.6 Å². The molecule has 0 unspecified atom stereocenters. The SMILES string of the molecule is CC(C)n1ncc2c1CC[C@@H](Cl)C2. The Labute approximate surface area is 83.9 Å². The van der Waals surface area contributed by atoms with Crippen molar-refractivity contribution in [1.29, 1.82) is 0 Å². The molecule has 72 valence electrons. The van der Waals surface area contributed by atoms with E-state index in [1.807, 2.05) is 6.20 Å². The van der Waals surface area contributed by atoms with Crippen molar-refractivity contribution in [3.8, 4) is 0 Å². The summed E-state index contributed by atoms with van der Waals surface area (Å²) >= 11 is 6.10. The van der Waals surface area contributed by atoms with E-state index in [9.17, 15) is 0 Å². The molecule has 1 aliphatic carbocycles. The Morgan fingerprint density at radius 3 is 3.08 bits per heavy atom. The first-order valence-corrected chi connectivity index (χ1v) is 5.31. The first-order chi connectivity index (χ1) is 6.18. The molecule has 0 bridgehead atoms. The van der Waals surface area contributed by atoms with E-state index in [0.717, 1.165) is 19.3 Å². The van der Waals surface area contributed by atoms with Crippen LogP contribution in [-0.2, 0) is 12.8 Å². The molecular formula is C10H15ClN2. The van der Waals surface area contributed by atoms with Gasteiger partial charge in [0.05, 0.1) is 6.20 Å². The fraction of sp³-hybridized carbons (Fsp3) is 0.700. The van der Waals surface area contributed by atoms with Gasteiger partial charge in [-0.3, -0.25) is 4.68 Å². The Morgan fingerprint density at radius 2 is 2.38 bits per heavy atom. The van der Waals surface area contributed by atoms with Crippen LogP contribution in [0, 0.1) is 0 Å². The smallest absolute Gasteiger partial charge is 0.0525 e. The normalized spacial score (nSPS) is 22.0. The van der Waals surface area contributed by atoms with Gasteiger partial charge in [0.25, 0.3) is 0 Å². The second-order valence-electron chi connectivity index (χ2n) is 3.99. The lowest BCUT2D eigenvalue weighted by Gasteiger charge is -2.19. The van der Waals surface area contributed by atoms with E-state index in [2.05, 4.69) is 23.6 Å². The molecule has 1 aliphatic rings. The molecule has 0 radical (unpaired) electrons. The lowest BCUT2D eigenvalue weighted by atomic mass is 9.97. The minimum absolute atomic E-state index is 0.317. The number of fused-ring (bicyclic) bond motifs is 1. The maximum atomic E-state index is 6.10. The van der Waals surface area contributed by atoms with Gasteiger partial charge in [0.15, 0.2) is 0 Å². The summed E-state index contributed by atoms with van der Waals surface area (Å²) in [6.45, 7) is 4.33. The number of hydrogen-bond acceptors (Lipinski definition) is 1. The first kappa shape index (κ1) is 9.07. The Bertz CT molecular complexity index is 304. The summed E-state index contributed by atoms with van der Waals surface area (Å²) in [6.07, 6.45) is 5.14. The topological polar surface area (TPSA) is 17.8 Å². The third-order valence-corrected chi connectivity index (χ3v) is 2.98. The van der Waals surface area contributed by atoms with Crippen LogP contribution in [-0.4, -0.2) is 15.2 Å². The van der Waals surface area contributed by atoms with Crippen LogP contribution in [0.1, 0.15) is 37.6 Å². The molecule has 2 rings (SSSR count). The molecule has 1 atom stereocenters. The average molecular weight is 199 g/mol. The summed E-state index contributed by atoms with van der Waals surface area (Å²) in [7, 11) is 0. The van der Waals surface area contributed by atoms with Crippen molar-refractivity contribution in [2.24, 2.45) is 0 Å². The van der Waals surface area contributed by atoms with Crippen LogP contribution in [0.4, 0.5) is 0 Å². The van der Waals surface area contributed by atoms with Crippen molar-refractivity contribution in [1.82, 2.24) is 9.78 Å². The fourth-order valence-electron chi connectivity index (χ4n) is 1.95. The number of aromatic nitrogens is 2. The summed E-state index contributed by atoms with van der Waals surface area (Å²) in [5.74, 6) is 0. The number of nitrogens with zero attached hydrogens (tertiary/aromatic N) is 2. The van der Waals surface area contributed by atoms with Crippen LogP contribution in [0.15, 0.2) is 6.20 Å². The van der Waals surface area contributed by atoms with Crippen LogP contribution in [0.5, 0.6) is 0 Å². The second-order valence-corrected chi connectivity index (χ2v) is 4.61. The highest BCUT2D eigenvalue weighted by molar-refractivity contribution is 6.20.